The second-order valence-corrected chi connectivity index (χ2v) is 6.41. The van der Waals surface area contributed by atoms with Gasteiger partial charge in [0.15, 0.2) is 0 Å². The molecular formula is C14H22BrNOS. The van der Waals surface area contributed by atoms with Crippen molar-refractivity contribution in [2.24, 2.45) is 0 Å². The molecule has 2 nitrogen and oxygen atoms in total. The Bertz CT molecular complexity index is 373. The molecular weight excluding hydrogens is 310 g/mol. The van der Waals surface area contributed by atoms with Gasteiger partial charge in [0.05, 0.1) is 0 Å². The minimum absolute atomic E-state index is 0.208. The lowest BCUT2D eigenvalue weighted by atomic mass is 10.0. The van der Waals surface area contributed by atoms with Crippen molar-refractivity contribution in [3.05, 3.63) is 28.2 Å². The molecule has 0 aromatic heterocycles. The molecule has 0 spiro atoms. The molecule has 1 aromatic carbocycles. The van der Waals surface area contributed by atoms with Crippen molar-refractivity contribution in [2.45, 2.75) is 38.8 Å². The van der Waals surface area contributed by atoms with Crippen molar-refractivity contribution in [2.75, 3.05) is 12.0 Å². The number of nitrogens with one attached hydrogen (secondary N) is 1. The molecule has 0 bridgehead atoms. The average Bonchev–Trinajstić information content (AvgIpc) is 2.36. The molecule has 1 rings (SSSR count). The fourth-order valence-corrected chi connectivity index (χ4v) is 2.92. The molecule has 0 fully saturated rings. The second-order valence-electron chi connectivity index (χ2n) is 4.51. The highest BCUT2D eigenvalue weighted by Gasteiger charge is 2.16. The van der Waals surface area contributed by atoms with E-state index in [-0.39, 0.29) is 6.04 Å². The number of halogens is 1. The molecule has 2 N–H and O–H groups in total. The number of hydrogen-bond donors (Lipinski definition) is 2. The first-order valence-electron chi connectivity index (χ1n) is 6.31. The van der Waals surface area contributed by atoms with Gasteiger partial charge in [0, 0.05) is 22.1 Å². The summed E-state index contributed by atoms with van der Waals surface area (Å²) in [6.07, 6.45) is 4.24. The van der Waals surface area contributed by atoms with Gasteiger partial charge in [0.25, 0.3) is 0 Å². The molecule has 0 aliphatic heterocycles. The van der Waals surface area contributed by atoms with Gasteiger partial charge in [-0.15, -0.1) is 0 Å². The Kier molecular flexibility index (Phi) is 7.12. The van der Waals surface area contributed by atoms with Crippen LogP contribution in [0.1, 0.15) is 38.3 Å². The van der Waals surface area contributed by atoms with Gasteiger partial charge in [0.1, 0.15) is 5.75 Å². The molecule has 1 aromatic rings. The number of aromatic hydroxyl groups is 1. The molecule has 0 heterocycles. The van der Waals surface area contributed by atoms with Crippen LogP contribution in [0, 0.1) is 0 Å². The van der Waals surface area contributed by atoms with E-state index in [2.05, 4.69) is 41.3 Å². The van der Waals surface area contributed by atoms with E-state index in [0.29, 0.717) is 11.8 Å². The van der Waals surface area contributed by atoms with Gasteiger partial charge in [-0.1, -0.05) is 22.9 Å². The van der Waals surface area contributed by atoms with Crippen LogP contribution in [0.5, 0.6) is 5.75 Å². The minimum atomic E-state index is 0.208. The Labute approximate surface area is 123 Å². The maximum Gasteiger partial charge on any atom is 0.120 e. The van der Waals surface area contributed by atoms with Crippen LogP contribution in [-0.4, -0.2) is 23.2 Å². The zero-order chi connectivity index (χ0) is 13.5. The molecule has 4 heteroatoms. The van der Waals surface area contributed by atoms with Crippen molar-refractivity contribution in [3.63, 3.8) is 0 Å². The third kappa shape index (κ3) is 4.82. The van der Waals surface area contributed by atoms with Gasteiger partial charge in [-0.2, -0.15) is 11.8 Å². The van der Waals surface area contributed by atoms with Crippen molar-refractivity contribution < 1.29 is 5.11 Å². The largest absolute Gasteiger partial charge is 0.508 e. The SMILES string of the molecule is CCC(NC(C)CCSC)c1cc(Br)ccc1O. The van der Waals surface area contributed by atoms with Crippen LogP contribution in [0.2, 0.25) is 0 Å². The van der Waals surface area contributed by atoms with E-state index >= 15 is 0 Å². The first-order chi connectivity index (χ1) is 8.58. The monoisotopic (exact) mass is 331 g/mol. The summed E-state index contributed by atoms with van der Waals surface area (Å²) in [5.74, 6) is 1.53. The normalized spacial score (nSPS) is 14.4. The molecule has 0 saturated carbocycles. The smallest absolute Gasteiger partial charge is 0.120 e. The van der Waals surface area contributed by atoms with Crippen LogP contribution in [0.15, 0.2) is 22.7 Å². The van der Waals surface area contributed by atoms with E-state index in [9.17, 15) is 5.11 Å². The van der Waals surface area contributed by atoms with Gasteiger partial charge < -0.3 is 10.4 Å². The quantitative estimate of drug-likeness (QED) is 0.779. The zero-order valence-corrected chi connectivity index (χ0v) is 13.6. The highest BCUT2D eigenvalue weighted by Crippen LogP contribution is 2.29. The molecule has 2 atom stereocenters. The topological polar surface area (TPSA) is 32.3 Å². The molecule has 0 radical (unpaired) electrons. The van der Waals surface area contributed by atoms with Crippen LogP contribution in [0.25, 0.3) is 0 Å². The fourth-order valence-electron chi connectivity index (χ4n) is 1.95. The molecule has 0 aliphatic rings. The van der Waals surface area contributed by atoms with E-state index in [4.69, 9.17) is 0 Å². The van der Waals surface area contributed by atoms with Crippen LogP contribution >= 0.6 is 27.7 Å². The van der Waals surface area contributed by atoms with Crippen LogP contribution in [0.4, 0.5) is 0 Å². The Hall–Kier alpha value is -0.190. The number of hydrogen-bond acceptors (Lipinski definition) is 3. The lowest BCUT2D eigenvalue weighted by Gasteiger charge is -2.23. The summed E-state index contributed by atoms with van der Waals surface area (Å²) in [5, 5.41) is 13.6. The van der Waals surface area contributed by atoms with Gasteiger partial charge in [-0.05, 0) is 50.0 Å². The zero-order valence-electron chi connectivity index (χ0n) is 11.2. The predicted molar refractivity (Wildman–Crippen MR) is 84.4 cm³/mol. The van der Waals surface area contributed by atoms with E-state index in [1.54, 1.807) is 6.07 Å². The Balaban J connectivity index is 2.73. The van der Waals surface area contributed by atoms with E-state index in [1.807, 2.05) is 23.9 Å². The highest BCUT2D eigenvalue weighted by molar-refractivity contribution is 9.10. The summed E-state index contributed by atoms with van der Waals surface area (Å²) in [6, 6.07) is 6.27. The van der Waals surface area contributed by atoms with E-state index in [0.717, 1.165) is 28.6 Å². The summed E-state index contributed by atoms with van der Waals surface area (Å²) in [4.78, 5) is 0. The first-order valence-corrected chi connectivity index (χ1v) is 8.50. The standard InChI is InChI=1S/C14H22BrNOS/c1-4-13(16-10(2)7-8-18-3)12-9-11(15)5-6-14(12)17/h5-6,9-10,13,16-17H,4,7-8H2,1-3H3. The molecule has 0 saturated heterocycles. The number of phenolic OH excluding ortho intramolecular Hbond substituents is 1. The summed E-state index contributed by atoms with van der Waals surface area (Å²) < 4.78 is 1.01. The number of benzene rings is 1. The van der Waals surface area contributed by atoms with Crippen molar-refractivity contribution in [1.82, 2.24) is 5.32 Å². The third-order valence-corrected chi connectivity index (χ3v) is 4.15. The van der Waals surface area contributed by atoms with Gasteiger partial charge in [-0.25, -0.2) is 0 Å². The van der Waals surface area contributed by atoms with Gasteiger partial charge in [-0.3, -0.25) is 0 Å². The first kappa shape index (κ1) is 15.9. The second kappa shape index (κ2) is 8.08. The van der Waals surface area contributed by atoms with Gasteiger partial charge >= 0.3 is 0 Å². The predicted octanol–water partition coefficient (Wildman–Crippen LogP) is 4.34. The molecule has 2 unspecified atom stereocenters. The Morgan fingerprint density at radius 2 is 2.17 bits per heavy atom. The summed E-state index contributed by atoms with van der Waals surface area (Å²) in [5.41, 5.74) is 0.975. The fraction of sp³-hybridized carbons (Fsp3) is 0.571. The maximum atomic E-state index is 9.96. The van der Waals surface area contributed by atoms with Crippen molar-refractivity contribution in [3.8, 4) is 5.75 Å². The van der Waals surface area contributed by atoms with Gasteiger partial charge in [0.2, 0.25) is 0 Å². The third-order valence-electron chi connectivity index (χ3n) is 3.01. The van der Waals surface area contributed by atoms with E-state index < -0.39 is 0 Å². The summed E-state index contributed by atoms with van der Waals surface area (Å²) >= 11 is 5.33. The van der Waals surface area contributed by atoms with Crippen molar-refractivity contribution in [1.29, 1.82) is 0 Å². The Morgan fingerprint density at radius 1 is 1.44 bits per heavy atom. The number of phenols is 1. The summed E-state index contributed by atoms with van der Waals surface area (Å²) in [6.45, 7) is 4.34. The average molecular weight is 332 g/mol. The lowest BCUT2D eigenvalue weighted by molar-refractivity contribution is 0.411. The lowest BCUT2D eigenvalue weighted by Crippen LogP contribution is -2.30. The Morgan fingerprint density at radius 3 is 2.78 bits per heavy atom. The maximum absolute atomic E-state index is 9.96. The number of thioether (sulfide) groups is 1. The van der Waals surface area contributed by atoms with Crippen LogP contribution < -0.4 is 5.32 Å². The molecule has 0 amide bonds. The van der Waals surface area contributed by atoms with Crippen molar-refractivity contribution >= 4 is 27.7 Å². The number of rotatable bonds is 7. The molecule has 18 heavy (non-hydrogen) atoms. The van der Waals surface area contributed by atoms with Crippen LogP contribution in [0.3, 0.4) is 0 Å². The molecule has 102 valence electrons. The molecule has 0 aliphatic carbocycles. The highest BCUT2D eigenvalue weighted by atomic mass is 79.9. The summed E-state index contributed by atoms with van der Waals surface area (Å²) in [7, 11) is 0. The van der Waals surface area contributed by atoms with Crippen LogP contribution in [-0.2, 0) is 0 Å². The van der Waals surface area contributed by atoms with E-state index in [1.165, 1.54) is 0 Å². The minimum Gasteiger partial charge on any atom is -0.508 e.